The second-order valence-corrected chi connectivity index (χ2v) is 11.7. The smallest absolute Gasteiger partial charge is 0.122 e. The highest BCUT2D eigenvalue weighted by molar-refractivity contribution is 5.82. The van der Waals surface area contributed by atoms with Gasteiger partial charge in [0.1, 0.15) is 5.75 Å². The zero-order valence-electron chi connectivity index (χ0n) is 25.6. The number of ether oxygens (including phenoxy) is 1. The summed E-state index contributed by atoms with van der Waals surface area (Å²) in [5, 5.41) is 0. The van der Waals surface area contributed by atoms with E-state index in [1.54, 1.807) is 11.3 Å². The molecule has 1 saturated heterocycles. The van der Waals surface area contributed by atoms with Gasteiger partial charge in [-0.25, -0.2) is 0 Å². The summed E-state index contributed by atoms with van der Waals surface area (Å²) in [6.07, 6.45) is 12.9. The van der Waals surface area contributed by atoms with Crippen LogP contribution >= 0.6 is 0 Å². The molecule has 0 amide bonds. The summed E-state index contributed by atoms with van der Waals surface area (Å²) in [5.74, 6) is 1.64. The summed E-state index contributed by atoms with van der Waals surface area (Å²) >= 11 is 0. The molecule has 1 heterocycles. The van der Waals surface area contributed by atoms with Crippen LogP contribution in [-0.2, 0) is 6.42 Å². The molecule has 1 aliphatic carbocycles. The first-order chi connectivity index (χ1) is 18.4. The summed E-state index contributed by atoms with van der Waals surface area (Å²) in [6.45, 7) is 20.7. The number of nitrogens with zero attached hydrogens (tertiary/aromatic N) is 3. The Morgan fingerprint density at radius 1 is 1.08 bits per heavy atom. The Kier molecular flexibility index (Phi) is 12.4. The van der Waals surface area contributed by atoms with Gasteiger partial charge in [0.15, 0.2) is 0 Å². The second-order valence-electron chi connectivity index (χ2n) is 11.7. The van der Waals surface area contributed by atoms with Crippen LogP contribution in [0.15, 0.2) is 46.2 Å². The molecule has 2 unspecified atom stereocenters. The lowest BCUT2D eigenvalue weighted by Crippen LogP contribution is -2.37. The van der Waals surface area contributed by atoms with Gasteiger partial charge < -0.3 is 9.64 Å². The first-order valence-electron chi connectivity index (χ1n) is 15.5. The van der Waals surface area contributed by atoms with Gasteiger partial charge in [0.2, 0.25) is 0 Å². The Balaban J connectivity index is 1.83. The van der Waals surface area contributed by atoms with Crippen molar-refractivity contribution in [3.8, 4) is 5.75 Å². The number of aliphatic imine (C=N–C) groups is 1. The lowest BCUT2D eigenvalue weighted by Gasteiger charge is -2.33. The minimum atomic E-state index is 0.556. The third-order valence-corrected chi connectivity index (χ3v) is 8.07. The van der Waals surface area contributed by atoms with E-state index in [4.69, 9.17) is 9.73 Å². The van der Waals surface area contributed by atoms with Crippen molar-refractivity contribution in [2.24, 2.45) is 4.99 Å². The van der Waals surface area contributed by atoms with E-state index in [2.05, 4.69) is 76.5 Å². The highest BCUT2D eigenvalue weighted by Crippen LogP contribution is 2.39. The Hall–Kier alpha value is -2.07. The number of rotatable bonds is 16. The molecule has 1 aromatic carbocycles. The van der Waals surface area contributed by atoms with Gasteiger partial charge in [-0.3, -0.25) is 9.89 Å². The summed E-state index contributed by atoms with van der Waals surface area (Å²) in [4.78, 5) is 10.3. The van der Waals surface area contributed by atoms with Gasteiger partial charge >= 0.3 is 0 Å². The van der Waals surface area contributed by atoms with E-state index in [1.807, 2.05) is 6.20 Å². The number of allylic oxidation sites excluding steroid dienone is 2. The van der Waals surface area contributed by atoms with E-state index in [-0.39, 0.29) is 0 Å². The van der Waals surface area contributed by atoms with Gasteiger partial charge in [0, 0.05) is 49.8 Å². The molecule has 0 bridgehead atoms. The van der Waals surface area contributed by atoms with Crippen LogP contribution in [0, 0.1) is 0 Å². The molecule has 2 fully saturated rings. The fraction of sp³-hybridized carbons (Fsp3) is 0.676. The monoisotopic (exact) mass is 521 g/mol. The number of benzene rings is 1. The molecular formula is C34H55N3O. The summed E-state index contributed by atoms with van der Waals surface area (Å²) in [7, 11) is 0. The van der Waals surface area contributed by atoms with Gasteiger partial charge in [-0.1, -0.05) is 44.9 Å². The molecule has 212 valence electrons. The maximum Gasteiger partial charge on any atom is 0.122 e. The lowest BCUT2D eigenvalue weighted by molar-refractivity contribution is 0.225. The third-order valence-electron chi connectivity index (χ3n) is 8.07. The molecule has 0 N–H and O–H groups in total. The molecule has 2 aliphatic rings. The third kappa shape index (κ3) is 9.00. The zero-order chi connectivity index (χ0) is 27.5. The molecule has 2 atom stereocenters. The van der Waals surface area contributed by atoms with Crippen molar-refractivity contribution in [1.29, 1.82) is 0 Å². The van der Waals surface area contributed by atoms with Crippen LogP contribution in [0.4, 0.5) is 0 Å². The topological polar surface area (TPSA) is 28.1 Å². The minimum absolute atomic E-state index is 0.556. The van der Waals surface area contributed by atoms with Gasteiger partial charge in [0.25, 0.3) is 0 Å². The normalized spacial score (nSPS) is 19.6. The van der Waals surface area contributed by atoms with E-state index in [0.717, 1.165) is 38.3 Å². The largest absolute Gasteiger partial charge is 0.494 e. The maximum absolute atomic E-state index is 6.06. The molecule has 0 aromatic heterocycles. The first kappa shape index (κ1) is 30.5. The van der Waals surface area contributed by atoms with Gasteiger partial charge in [-0.05, 0) is 108 Å². The van der Waals surface area contributed by atoms with Gasteiger partial charge in [-0.15, -0.1) is 0 Å². The van der Waals surface area contributed by atoms with Crippen LogP contribution in [0.1, 0.15) is 117 Å². The predicted octanol–water partition coefficient (Wildman–Crippen LogP) is 8.53. The molecule has 0 spiro atoms. The summed E-state index contributed by atoms with van der Waals surface area (Å²) in [5.41, 5.74) is 8.64. The van der Waals surface area contributed by atoms with E-state index in [0.29, 0.717) is 12.0 Å². The Bertz CT molecular complexity index is 966. The van der Waals surface area contributed by atoms with Crippen LogP contribution < -0.4 is 4.74 Å². The molecule has 38 heavy (non-hydrogen) atoms. The van der Waals surface area contributed by atoms with Crippen molar-refractivity contribution in [3.63, 3.8) is 0 Å². The molecule has 1 aliphatic heterocycles. The van der Waals surface area contributed by atoms with Crippen LogP contribution in [0.5, 0.6) is 5.75 Å². The molecule has 4 heteroatoms. The Morgan fingerprint density at radius 2 is 1.87 bits per heavy atom. The number of aryl methyl sites for hydroxylation is 1. The average Bonchev–Trinajstić information content (AvgIpc) is 3.67. The minimum Gasteiger partial charge on any atom is -0.494 e. The van der Waals surface area contributed by atoms with Crippen LogP contribution in [-0.4, -0.2) is 54.3 Å². The molecular weight excluding hydrogens is 466 g/mol. The SMILES string of the molecule is CCCCN(CCC)C(CN1CC(c2ccc(CC)c(OCC)c2)CC1CCC(C)=NC=C(C)C)=C1CC1. The lowest BCUT2D eigenvalue weighted by atomic mass is 9.93. The molecule has 3 rings (SSSR count). The second kappa shape index (κ2) is 15.5. The number of likely N-dealkylation sites (tertiary alicyclic amines) is 1. The van der Waals surface area contributed by atoms with Crippen molar-refractivity contribution < 1.29 is 4.74 Å². The summed E-state index contributed by atoms with van der Waals surface area (Å²) < 4.78 is 6.06. The molecule has 1 saturated carbocycles. The average molecular weight is 522 g/mol. The molecule has 4 nitrogen and oxygen atoms in total. The fourth-order valence-electron chi connectivity index (χ4n) is 5.79. The van der Waals surface area contributed by atoms with Crippen LogP contribution in [0.3, 0.4) is 0 Å². The quantitative estimate of drug-likeness (QED) is 0.204. The highest BCUT2D eigenvalue weighted by Gasteiger charge is 2.35. The highest BCUT2D eigenvalue weighted by atomic mass is 16.5. The number of hydrogen-bond donors (Lipinski definition) is 0. The van der Waals surface area contributed by atoms with E-state index < -0.39 is 0 Å². The van der Waals surface area contributed by atoms with Crippen molar-refractivity contribution >= 4 is 5.71 Å². The summed E-state index contributed by atoms with van der Waals surface area (Å²) in [6, 6.07) is 7.61. The van der Waals surface area contributed by atoms with Gasteiger partial charge in [-0.2, -0.15) is 0 Å². The predicted molar refractivity (Wildman–Crippen MR) is 165 cm³/mol. The molecule has 1 aromatic rings. The van der Waals surface area contributed by atoms with E-state index in [9.17, 15) is 0 Å². The number of unbranched alkanes of at least 4 members (excludes halogenated alkanes) is 1. The standard InChI is InChI=1S/C34H55N3O/c1-8-12-20-36(19-9-2)33(29-15-16-29)25-37-24-31(21-32(37)18-13-27(7)35-23-26(5)6)30-17-14-28(10-3)34(22-30)38-11-4/h14,17,22-23,31-32H,8-13,15-16,18-21,24-25H2,1-7H3. The molecule has 0 radical (unpaired) electrons. The van der Waals surface area contributed by atoms with Crippen LogP contribution in [0.25, 0.3) is 0 Å². The first-order valence-corrected chi connectivity index (χ1v) is 15.5. The van der Waals surface area contributed by atoms with Crippen molar-refractivity contribution in [1.82, 2.24) is 9.80 Å². The zero-order valence-corrected chi connectivity index (χ0v) is 25.6. The number of hydrogen-bond acceptors (Lipinski definition) is 4. The van der Waals surface area contributed by atoms with Crippen molar-refractivity contribution in [2.45, 2.75) is 118 Å². The van der Waals surface area contributed by atoms with Crippen LogP contribution in [0.2, 0.25) is 0 Å². The maximum atomic E-state index is 6.06. The van der Waals surface area contributed by atoms with Crippen molar-refractivity contribution in [3.05, 3.63) is 52.4 Å². The van der Waals surface area contributed by atoms with Gasteiger partial charge in [0.05, 0.1) is 6.61 Å². The Morgan fingerprint density at radius 3 is 2.50 bits per heavy atom. The Labute approximate surface area is 234 Å². The van der Waals surface area contributed by atoms with Crippen molar-refractivity contribution in [2.75, 3.05) is 32.8 Å². The fourth-order valence-corrected chi connectivity index (χ4v) is 5.79. The van der Waals surface area contributed by atoms with E-state index >= 15 is 0 Å². The van der Waals surface area contributed by atoms with E-state index in [1.165, 1.54) is 80.4 Å².